The van der Waals surface area contributed by atoms with Crippen LogP contribution < -0.4 is 10.5 Å². The highest BCUT2D eigenvalue weighted by atomic mass is 16.5. The standard InChI is InChI=1S/C24H24N4O3/c1-14(23(26)24(29)30)16-4-6-17(7-5-16)19-10-3-15(13-25)11-21(19)31-22-12-20(18-8-9-18)27-28(22)2/h3-7,10-12,14,18,23H,8-9,26H2,1-2H3,(H,29,30). The molecule has 0 saturated heterocycles. The minimum absolute atomic E-state index is 0.321. The summed E-state index contributed by atoms with van der Waals surface area (Å²) in [6, 6.07) is 16.0. The molecule has 2 atom stereocenters. The van der Waals surface area contributed by atoms with E-state index in [0.717, 1.165) is 35.2 Å². The van der Waals surface area contributed by atoms with E-state index >= 15 is 0 Å². The van der Waals surface area contributed by atoms with E-state index in [0.29, 0.717) is 23.1 Å². The lowest BCUT2D eigenvalue weighted by Gasteiger charge is -2.17. The molecule has 7 heteroatoms. The molecule has 0 radical (unpaired) electrons. The first-order valence-corrected chi connectivity index (χ1v) is 10.2. The number of nitrogens with zero attached hydrogens (tertiary/aromatic N) is 3. The molecule has 3 aromatic rings. The number of ether oxygens (including phenoxy) is 1. The molecule has 1 aromatic heterocycles. The molecule has 3 N–H and O–H groups in total. The first-order valence-electron chi connectivity index (χ1n) is 10.2. The normalized spacial score (nSPS) is 15.2. The van der Waals surface area contributed by atoms with Gasteiger partial charge in [-0.1, -0.05) is 31.2 Å². The van der Waals surface area contributed by atoms with Gasteiger partial charge < -0.3 is 15.6 Å². The van der Waals surface area contributed by atoms with Gasteiger partial charge in [0.15, 0.2) is 0 Å². The molecule has 7 nitrogen and oxygen atoms in total. The maximum absolute atomic E-state index is 11.2. The minimum atomic E-state index is -1.03. The van der Waals surface area contributed by atoms with Crippen molar-refractivity contribution in [2.75, 3.05) is 0 Å². The Bertz CT molecular complexity index is 1160. The molecule has 1 aliphatic carbocycles. The number of hydrogen-bond acceptors (Lipinski definition) is 5. The van der Waals surface area contributed by atoms with Gasteiger partial charge in [0, 0.05) is 30.5 Å². The van der Waals surface area contributed by atoms with Crippen LogP contribution in [0, 0.1) is 11.3 Å². The molecular weight excluding hydrogens is 392 g/mol. The maximum Gasteiger partial charge on any atom is 0.321 e. The van der Waals surface area contributed by atoms with Crippen LogP contribution in [0.1, 0.15) is 48.4 Å². The number of aryl methyl sites for hydroxylation is 1. The number of carbonyl (C=O) groups is 1. The van der Waals surface area contributed by atoms with Crippen molar-refractivity contribution in [1.29, 1.82) is 5.26 Å². The number of rotatable bonds is 7. The largest absolute Gasteiger partial charge is 0.480 e. The third-order valence-corrected chi connectivity index (χ3v) is 5.75. The van der Waals surface area contributed by atoms with Crippen LogP contribution in [-0.4, -0.2) is 26.9 Å². The fourth-order valence-electron chi connectivity index (χ4n) is 3.56. The van der Waals surface area contributed by atoms with Crippen LogP contribution in [0.15, 0.2) is 48.5 Å². The molecule has 1 fully saturated rings. The van der Waals surface area contributed by atoms with Crippen molar-refractivity contribution >= 4 is 5.97 Å². The summed E-state index contributed by atoms with van der Waals surface area (Å²) >= 11 is 0. The van der Waals surface area contributed by atoms with Gasteiger partial charge in [-0.25, -0.2) is 4.68 Å². The average Bonchev–Trinajstić information content (AvgIpc) is 3.56. The summed E-state index contributed by atoms with van der Waals surface area (Å²) in [6.07, 6.45) is 2.31. The monoisotopic (exact) mass is 416 g/mol. The summed E-state index contributed by atoms with van der Waals surface area (Å²) < 4.78 is 7.91. The SMILES string of the molecule is CC(c1ccc(-c2ccc(C#N)cc2Oc2cc(C3CC3)nn2C)cc1)C(N)C(=O)O. The molecule has 2 aromatic carbocycles. The van der Waals surface area contributed by atoms with Gasteiger partial charge >= 0.3 is 5.97 Å². The van der Waals surface area contributed by atoms with Gasteiger partial charge in [0.2, 0.25) is 5.88 Å². The zero-order valence-corrected chi connectivity index (χ0v) is 17.4. The van der Waals surface area contributed by atoms with E-state index in [1.165, 1.54) is 0 Å². The molecule has 158 valence electrons. The smallest absolute Gasteiger partial charge is 0.321 e. The van der Waals surface area contributed by atoms with Crippen molar-refractivity contribution < 1.29 is 14.6 Å². The lowest BCUT2D eigenvalue weighted by Crippen LogP contribution is -2.35. The van der Waals surface area contributed by atoms with Gasteiger partial charge in [0.25, 0.3) is 0 Å². The summed E-state index contributed by atoms with van der Waals surface area (Å²) in [6.45, 7) is 1.80. The molecule has 0 amide bonds. The van der Waals surface area contributed by atoms with Crippen LogP contribution in [0.4, 0.5) is 0 Å². The number of nitrogens with two attached hydrogens (primary N) is 1. The molecule has 31 heavy (non-hydrogen) atoms. The Morgan fingerprint density at radius 1 is 1.26 bits per heavy atom. The zero-order chi connectivity index (χ0) is 22.1. The van der Waals surface area contributed by atoms with E-state index in [4.69, 9.17) is 15.6 Å². The Kier molecular flexibility index (Phi) is 5.49. The van der Waals surface area contributed by atoms with Crippen molar-refractivity contribution in [2.45, 2.75) is 37.6 Å². The second kappa shape index (κ2) is 8.25. The van der Waals surface area contributed by atoms with Gasteiger partial charge in [-0.2, -0.15) is 10.4 Å². The van der Waals surface area contributed by atoms with Crippen LogP contribution in [0.25, 0.3) is 11.1 Å². The fourth-order valence-corrected chi connectivity index (χ4v) is 3.56. The van der Waals surface area contributed by atoms with E-state index in [9.17, 15) is 10.1 Å². The second-order valence-electron chi connectivity index (χ2n) is 8.00. The lowest BCUT2D eigenvalue weighted by molar-refractivity contribution is -0.139. The molecule has 2 unspecified atom stereocenters. The van der Waals surface area contributed by atoms with Crippen LogP contribution >= 0.6 is 0 Å². The molecule has 0 bridgehead atoms. The molecule has 0 aliphatic heterocycles. The maximum atomic E-state index is 11.2. The number of aliphatic carboxylic acids is 1. The van der Waals surface area contributed by atoms with Crippen molar-refractivity contribution in [2.24, 2.45) is 12.8 Å². The third-order valence-electron chi connectivity index (χ3n) is 5.75. The lowest BCUT2D eigenvalue weighted by atomic mass is 9.92. The number of aromatic nitrogens is 2. The Morgan fingerprint density at radius 2 is 1.97 bits per heavy atom. The van der Waals surface area contributed by atoms with Crippen LogP contribution in [0.5, 0.6) is 11.6 Å². The van der Waals surface area contributed by atoms with Crippen molar-refractivity contribution in [3.8, 4) is 28.8 Å². The highest BCUT2D eigenvalue weighted by Crippen LogP contribution is 2.41. The van der Waals surface area contributed by atoms with Crippen LogP contribution in [0.3, 0.4) is 0 Å². The predicted octanol–water partition coefficient (Wildman–Crippen LogP) is 4.14. The van der Waals surface area contributed by atoms with E-state index < -0.39 is 12.0 Å². The van der Waals surface area contributed by atoms with Gasteiger partial charge in [0.05, 0.1) is 17.3 Å². The summed E-state index contributed by atoms with van der Waals surface area (Å²) in [7, 11) is 1.84. The summed E-state index contributed by atoms with van der Waals surface area (Å²) in [5.41, 5.74) is 9.86. The Hall–Kier alpha value is -3.63. The minimum Gasteiger partial charge on any atom is -0.480 e. The third kappa shape index (κ3) is 4.30. The van der Waals surface area contributed by atoms with Gasteiger partial charge in [-0.3, -0.25) is 4.79 Å². The van der Waals surface area contributed by atoms with Crippen LogP contribution in [0.2, 0.25) is 0 Å². The van der Waals surface area contributed by atoms with Crippen molar-refractivity contribution in [3.63, 3.8) is 0 Å². The van der Waals surface area contributed by atoms with E-state index in [-0.39, 0.29) is 5.92 Å². The zero-order valence-electron chi connectivity index (χ0n) is 17.4. The Balaban J connectivity index is 1.65. The highest BCUT2D eigenvalue weighted by Gasteiger charge is 2.27. The first kappa shape index (κ1) is 20.6. The molecule has 1 heterocycles. The predicted molar refractivity (Wildman–Crippen MR) is 116 cm³/mol. The van der Waals surface area contributed by atoms with E-state index in [2.05, 4.69) is 11.2 Å². The Morgan fingerprint density at radius 3 is 2.58 bits per heavy atom. The van der Waals surface area contributed by atoms with E-state index in [1.54, 1.807) is 23.7 Å². The fraction of sp³-hybridized carbons (Fsp3) is 0.292. The summed E-state index contributed by atoms with van der Waals surface area (Å²) in [4.78, 5) is 11.2. The Labute approximate surface area is 180 Å². The van der Waals surface area contributed by atoms with Gasteiger partial charge in [0.1, 0.15) is 11.8 Å². The second-order valence-corrected chi connectivity index (χ2v) is 8.00. The summed E-state index contributed by atoms with van der Waals surface area (Å²) in [5, 5.41) is 23.0. The van der Waals surface area contributed by atoms with Crippen molar-refractivity contribution in [3.05, 3.63) is 65.4 Å². The topological polar surface area (TPSA) is 114 Å². The van der Waals surface area contributed by atoms with Crippen LogP contribution in [-0.2, 0) is 11.8 Å². The molecule has 1 saturated carbocycles. The number of benzene rings is 2. The molecule has 0 spiro atoms. The number of carboxylic acids is 1. The average molecular weight is 416 g/mol. The molecule has 4 rings (SSSR count). The molecular formula is C24H24N4O3. The molecule has 1 aliphatic rings. The van der Waals surface area contributed by atoms with Gasteiger partial charge in [-0.15, -0.1) is 0 Å². The number of hydrogen-bond donors (Lipinski definition) is 2. The van der Waals surface area contributed by atoms with E-state index in [1.807, 2.05) is 43.4 Å². The quantitative estimate of drug-likeness (QED) is 0.598. The van der Waals surface area contributed by atoms with Crippen molar-refractivity contribution in [1.82, 2.24) is 9.78 Å². The summed E-state index contributed by atoms with van der Waals surface area (Å²) in [5.74, 6) is 0.350. The highest BCUT2D eigenvalue weighted by molar-refractivity contribution is 5.75. The first-order chi connectivity index (χ1) is 14.9. The van der Waals surface area contributed by atoms with Gasteiger partial charge in [-0.05, 0) is 42.2 Å². The number of nitriles is 1. The number of carboxylic acid groups (broad SMARTS) is 1.